The minimum absolute atomic E-state index is 0.262. The van der Waals surface area contributed by atoms with Gasteiger partial charge in [0, 0.05) is 10.5 Å². The van der Waals surface area contributed by atoms with E-state index in [-0.39, 0.29) is 9.81 Å². The number of rotatable bonds is 6. The molecule has 2 aliphatic rings. The molecule has 2 aliphatic heterocycles. The molecular weight excluding hydrogens is 581 g/mol. The Balaban J connectivity index is 2.01. The molecule has 0 unspecified atom stereocenters. The van der Waals surface area contributed by atoms with Gasteiger partial charge in [-0.05, 0) is 0 Å². The predicted molar refractivity (Wildman–Crippen MR) is 153 cm³/mol. The maximum Gasteiger partial charge on any atom is 0.346 e. The number of hydrogen-bond donors (Lipinski definition) is 0. The number of carbonyl (C=O) groups excluding carboxylic acids is 2. The third-order valence-electron chi connectivity index (χ3n) is 3.48. The van der Waals surface area contributed by atoms with Crippen LogP contribution in [-0.4, -0.2) is 36.7 Å². The molecule has 3 rings (SSSR count). The van der Waals surface area contributed by atoms with Crippen LogP contribution in [0.3, 0.4) is 0 Å². The first-order chi connectivity index (χ1) is 15.1. The molecule has 0 spiro atoms. The highest BCUT2D eigenvalue weighted by Crippen LogP contribution is 2.59. The lowest BCUT2D eigenvalue weighted by molar-refractivity contribution is -0.138. The minimum Gasteiger partial charge on any atom is -0.465 e. The highest BCUT2D eigenvalue weighted by Gasteiger charge is 2.33. The minimum atomic E-state index is -0.538. The van der Waals surface area contributed by atoms with Crippen molar-refractivity contribution in [3.8, 4) is 0 Å². The maximum atomic E-state index is 12.2. The number of carbonyl (C=O) groups is 2. The number of esters is 2. The van der Waals surface area contributed by atoms with E-state index in [0.29, 0.717) is 10.5 Å². The zero-order chi connectivity index (χ0) is 23.6. The third-order valence-corrected chi connectivity index (χ3v) is 15.2. The second kappa shape index (κ2) is 12.0. The molecule has 174 valence electrons. The number of hydrogen-bond acceptors (Lipinski definition) is 13. The maximum absolute atomic E-state index is 12.2. The second-order valence-corrected chi connectivity index (χ2v) is 17.9. The van der Waals surface area contributed by atoms with Crippen molar-refractivity contribution in [2.75, 3.05) is 14.2 Å². The van der Waals surface area contributed by atoms with Gasteiger partial charge in [-0.3, -0.25) is 0 Å². The van der Waals surface area contributed by atoms with Crippen LogP contribution in [0, 0.1) is 3.82 Å². The Kier molecular flexibility index (Phi) is 10.2. The van der Waals surface area contributed by atoms with Gasteiger partial charge in [-0.25, -0.2) is 9.59 Å². The molecule has 1 aromatic heterocycles. The van der Waals surface area contributed by atoms with Crippen molar-refractivity contribution in [1.29, 1.82) is 0 Å². The molecule has 0 aliphatic carbocycles. The van der Waals surface area contributed by atoms with Crippen LogP contribution in [-0.2, 0) is 19.1 Å². The van der Waals surface area contributed by atoms with E-state index in [9.17, 15) is 9.59 Å². The van der Waals surface area contributed by atoms with Crippen molar-refractivity contribution in [2.24, 2.45) is 0 Å². The monoisotopic (exact) mass is 600 g/mol. The van der Waals surface area contributed by atoms with Crippen molar-refractivity contribution in [2.45, 2.75) is 38.2 Å². The summed E-state index contributed by atoms with van der Waals surface area (Å²) in [6.45, 7) is 8.83. The number of ether oxygens (including phenoxy) is 2. The SMILES string of the molecule is COC(=O)C1=C(C(=O)OC)SC(=c2sc(=S)c(=C3SC(SC(C)C)=C(SC(C)C)S3)s2)S1. The molecular formula is C19H20O4S9. The molecule has 1 aromatic rings. The summed E-state index contributed by atoms with van der Waals surface area (Å²) in [7, 11) is 2.61. The second-order valence-electron chi connectivity index (χ2n) is 6.64. The third kappa shape index (κ3) is 6.39. The zero-order valence-electron chi connectivity index (χ0n) is 18.0. The summed E-state index contributed by atoms with van der Waals surface area (Å²) in [4.78, 5) is 24.9. The number of methoxy groups -OCH3 is 2. The van der Waals surface area contributed by atoms with Gasteiger partial charge in [-0.15, -0.1) is 46.2 Å². The average molecular weight is 601 g/mol. The quantitative estimate of drug-likeness (QED) is 0.262. The van der Waals surface area contributed by atoms with Crippen LogP contribution in [0.4, 0.5) is 0 Å². The molecule has 4 nitrogen and oxygen atoms in total. The van der Waals surface area contributed by atoms with Gasteiger partial charge in [0.05, 0.1) is 35.7 Å². The molecule has 13 heteroatoms. The van der Waals surface area contributed by atoms with Crippen molar-refractivity contribution in [3.63, 3.8) is 0 Å². The molecule has 32 heavy (non-hydrogen) atoms. The summed E-state index contributed by atoms with van der Waals surface area (Å²) >= 11 is 18.7. The Morgan fingerprint density at radius 1 is 0.781 bits per heavy atom. The van der Waals surface area contributed by atoms with E-state index < -0.39 is 11.9 Å². The Morgan fingerprint density at radius 2 is 1.25 bits per heavy atom. The summed E-state index contributed by atoms with van der Waals surface area (Å²) < 4.78 is 17.3. The van der Waals surface area contributed by atoms with Crippen molar-refractivity contribution >= 4 is 126 Å². The van der Waals surface area contributed by atoms with Gasteiger partial charge in [-0.1, -0.05) is 87.0 Å². The normalized spacial score (nSPS) is 16.8. The Hall–Kier alpha value is 0.530. The standard InChI is InChI=1S/C19H20O4S9/c1-7(2)25-16-17(26-8(3)4)32-15(31-16)11-14(24)30-19(29-11)18-27-9(12(20)22-5)10(28-18)13(21)23-6/h7-8H,1-6H3. The average Bonchev–Trinajstić information content (AvgIpc) is 3.43. The van der Waals surface area contributed by atoms with Crippen molar-refractivity contribution in [3.05, 3.63) is 30.5 Å². The summed E-state index contributed by atoms with van der Waals surface area (Å²) in [6.07, 6.45) is 0. The van der Waals surface area contributed by atoms with Crippen LogP contribution < -0.4 is 8.38 Å². The molecule has 0 radical (unpaired) electrons. The van der Waals surface area contributed by atoms with E-state index in [0.717, 1.165) is 16.4 Å². The molecule has 0 aromatic carbocycles. The summed E-state index contributed by atoms with van der Waals surface area (Å²) in [5.74, 6) is -1.08. The molecule has 0 fully saturated rings. The topological polar surface area (TPSA) is 52.6 Å². The highest BCUT2D eigenvalue weighted by molar-refractivity contribution is 8.46. The van der Waals surface area contributed by atoms with Crippen molar-refractivity contribution < 1.29 is 19.1 Å². The van der Waals surface area contributed by atoms with E-state index in [1.54, 1.807) is 34.9 Å². The van der Waals surface area contributed by atoms with E-state index in [4.69, 9.17) is 21.7 Å². The molecule has 0 atom stereocenters. The zero-order valence-corrected chi connectivity index (χ0v) is 25.3. The van der Waals surface area contributed by atoms with Crippen LogP contribution >= 0.6 is 105 Å². The first-order valence-corrected chi connectivity index (χ1v) is 16.3. The van der Waals surface area contributed by atoms with E-state index in [1.165, 1.54) is 61.8 Å². The Labute approximate surface area is 225 Å². The highest BCUT2D eigenvalue weighted by atomic mass is 32.3. The van der Waals surface area contributed by atoms with Gasteiger partial charge in [-0.2, -0.15) is 0 Å². The fourth-order valence-corrected chi connectivity index (χ4v) is 14.6. The summed E-state index contributed by atoms with van der Waals surface area (Å²) in [6, 6.07) is 0. The van der Waals surface area contributed by atoms with Crippen molar-refractivity contribution in [1.82, 2.24) is 0 Å². The molecule has 0 bridgehead atoms. The van der Waals surface area contributed by atoms with E-state index in [1.807, 2.05) is 23.5 Å². The molecule has 0 N–H and O–H groups in total. The van der Waals surface area contributed by atoms with Gasteiger partial charge in [0.2, 0.25) is 0 Å². The van der Waals surface area contributed by atoms with Gasteiger partial charge < -0.3 is 9.47 Å². The molecule has 0 saturated carbocycles. The summed E-state index contributed by atoms with van der Waals surface area (Å²) in [5.41, 5.74) is 0. The van der Waals surface area contributed by atoms with Gasteiger partial charge >= 0.3 is 11.9 Å². The summed E-state index contributed by atoms with van der Waals surface area (Å²) in [5, 5.41) is 1.01. The van der Waals surface area contributed by atoms with Crippen LogP contribution in [0.5, 0.6) is 0 Å². The lowest BCUT2D eigenvalue weighted by Crippen LogP contribution is -2.08. The van der Waals surface area contributed by atoms with Gasteiger partial charge in [0.15, 0.2) is 0 Å². The van der Waals surface area contributed by atoms with Crippen LogP contribution in [0.15, 0.2) is 18.3 Å². The fraction of sp³-hybridized carbons (Fsp3) is 0.421. The van der Waals surface area contributed by atoms with E-state index in [2.05, 4.69) is 27.7 Å². The lowest BCUT2D eigenvalue weighted by Gasteiger charge is -2.08. The molecule has 0 amide bonds. The first kappa shape index (κ1) is 27.1. The fourth-order valence-electron chi connectivity index (χ4n) is 2.27. The molecule has 0 saturated heterocycles. The Bertz CT molecular complexity index is 1120. The predicted octanol–water partition coefficient (Wildman–Crippen LogP) is 6.60. The Morgan fingerprint density at radius 3 is 1.66 bits per heavy atom. The van der Waals surface area contributed by atoms with Crippen LogP contribution in [0.25, 0.3) is 8.47 Å². The van der Waals surface area contributed by atoms with E-state index >= 15 is 0 Å². The first-order valence-electron chi connectivity index (χ1n) is 9.23. The largest absolute Gasteiger partial charge is 0.465 e. The lowest BCUT2D eigenvalue weighted by atomic mass is 10.5. The van der Waals surface area contributed by atoms with Gasteiger partial charge in [0.1, 0.15) is 17.5 Å². The molecule has 3 heterocycles. The van der Waals surface area contributed by atoms with Gasteiger partial charge in [0.25, 0.3) is 0 Å². The van der Waals surface area contributed by atoms with Crippen LogP contribution in [0.1, 0.15) is 27.7 Å². The van der Waals surface area contributed by atoms with Crippen LogP contribution in [0.2, 0.25) is 0 Å². The smallest absolute Gasteiger partial charge is 0.346 e. The number of thioether (sulfide) groups is 6.